The zero-order valence-electron chi connectivity index (χ0n) is 15.8. The van der Waals surface area contributed by atoms with Crippen LogP contribution in [0.5, 0.6) is 0 Å². The fourth-order valence-corrected chi connectivity index (χ4v) is 4.71. The van der Waals surface area contributed by atoms with Crippen molar-refractivity contribution in [1.82, 2.24) is 5.32 Å². The molecule has 1 unspecified atom stereocenters. The molecule has 1 fully saturated rings. The molecule has 4 N–H and O–H groups in total. The maximum Gasteiger partial charge on any atom is 0.0989 e. The summed E-state index contributed by atoms with van der Waals surface area (Å²) in [5.41, 5.74) is 3.12. The number of unbranched alkanes of at least 4 members (excludes halogenated alkanes) is 4. The van der Waals surface area contributed by atoms with Crippen LogP contribution in [-0.4, -0.2) is 46.2 Å². The first-order chi connectivity index (χ1) is 12.7. The quantitative estimate of drug-likeness (QED) is 0.510. The Bertz CT molecular complexity index is 550. The molecule has 4 heteroatoms. The summed E-state index contributed by atoms with van der Waals surface area (Å²) in [6, 6.07) is 8.44. The molecule has 0 radical (unpaired) electrons. The average Bonchev–Trinajstić information content (AvgIpc) is 2.95. The van der Waals surface area contributed by atoms with Crippen LogP contribution >= 0.6 is 0 Å². The molecule has 1 aliphatic carbocycles. The van der Waals surface area contributed by atoms with E-state index in [-0.39, 0.29) is 18.7 Å². The smallest absolute Gasteiger partial charge is 0.0989 e. The number of fused-ring (bicyclic) bond motifs is 1. The monoisotopic (exact) mass is 361 g/mol. The zero-order valence-corrected chi connectivity index (χ0v) is 15.8. The molecule has 0 amide bonds. The van der Waals surface area contributed by atoms with E-state index in [1.807, 2.05) is 0 Å². The predicted molar refractivity (Wildman–Crippen MR) is 104 cm³/mol. The van der Waals surface area contributed by atoms with Gasteiger partial charge in [0.15, 0.2) is 0 Å². The topological polar surface area (TPSA) is 72.7 Å². The lowest BCUT2D eigenvalue weighted by atomic mass is 9.81. The van der Waals surface area contributed by atoms with Crippen LogP contribution in [0.3, 0.4) is 0 Å². The van der Waals surface area contributed by atoms with Crippen molar-refractivity contribution >= 4 is 0 Å². The molecule has 146 valence electrons. The minimum atomic E-state index is -0.842. The summed E-state index contributed by atoms with van der Waals surface area (Å²) in [6.45, 7) is -0.125. The minimum absolute atomic E-state index is 0.0792. The molecule has 1 aromatic carbocycles. The van der Waals surface area contributed by atoms with Gasteiger partial charge < -0.3 is 20.6 Å². The van der Waals surface area contributed by atoms with Gasteiger partial charge in [-0.05, 0) is 42.7 Å². The third-order valence-corrected chi connectivity index (χ3v) is 6.38. The van der Waals surface area contributed by atoms with Crippen LogP contribution in [0.2, 0.25) is 0 Å². The highest BCUT2D eigenvalue weighted by atomic mass is 16.3. The predicted octanol–water partition coefficient (Wildman–Crippen LogP) is 2.58. The van der Waals surface area contributed by atoms with Gasteiger partial charge in [0.2, 0.25) is 0 Å². The van der Waals surface area contributed by atoms with Crippen LogP contribution in [0.1, 0.15) is 62.5 Å². The molecule has 0 spiro atoms. The number of rotatable bonds is 9. The highest BCUT2D eigenvalue weighted by molar-refractivity contribution is 5.29. The zero-order chi connectivity index (χ0) is 18.4. The number of hydrogen-bond acceptors (Lipinski definition) is 4. The van der Waals surface area contributed by atoms with Crippen LogP contribution in [0.25, 0.3) is 0 Å². The van der Waals surface area contributed by atoms with E-state index in [2.05, 4.69) is 29.6 Å². The molecule has 0 bridgehead atoms. The van der Waals surface area contributed by atoms with Crippen molar-refractivity contribution in [2.45, 2.75) is 88.5 Å². The molecular formula is C22H35NO3. The number of nitrogens with one attached hydrogen (secondary N) is 1. The van der Waals surface area contributed by atoms with Crippen LogP contribution in [0.15, 0.2) is 24.3 Å². The molecule has 2 aliphatic rings. The lowest BCUT2D eigenvalue weighted by Gasteiger charge is -2.24. The minimum Gasteiger partial charge on any atom is -0.395 e. The summed E-state index contributed by atoms with van der Waals surface area (Å²) in [6.07, 6.45) is 10.6. The van der Waals surface area contributed by atoms with Gasteiger partial charge in [0.25, 0.3) is 0 Å². The molecule has 0 saturated carbocycles. The van der Waals surface area contributed by atoms with Gasteiger partial charge >= 0.3 is 0 Å². The van der Waals surface area contributed by atoms with E-state index in [9.17, 15) is 10.2 Å². The van der Waals surface area contributed by atoms with Crippen molar-refractivity contribution in [1.29, 1.82) is 0 Å². The van der Waals surface area contributed by atoms with E-state index in [4.69, 9.17) is 5.11 Å². The standard InChI is InChI=1S/C22H35NO3/c24-15-20-22(26)21(25)19(23-20)11-5-3-1-2-4-8-16-12-13-17-9-6-7-10-18(17)14-16/h6-7,9-10,16,19-26H,1-5,8,11-15H2/t16?,19-,20-,21-,22-/m1/s1. The van der Waals surface area contributed by atoms with Crippen molar-refractivity contribution in [2.75, 3.05) is 6.61 Å². The third kappa shape index (κ3) is 5.07. The van der Waals surface area contributed by atoms with Crippen molar-refractivity contribution in [3.05, 3.63) is 35.4 Å². The Balaban J connectivity index is 1.23. The van der Waals surface area contributed by atoms with E-state index < -0.39 is 12.2 Å². The third-order valence-electron chi connectivity index (χ3n) is 6.38. The molecule has 26 heavy (non-hydrogen) atoms. The number of aryl methyl sites for hydroxylation is 1. The van der Waals surface area contributed by atoms with E-state index in [1.54, 1.807) is 11.1 Å². The Kier molecular flexibility index (Phi) is 7.50. The van der Waals surface area contributed by atoms with Gasteiger partial charge in [-0.2, -0.15) is 0 Å². The van der Waals surface area contributed by atoms with Gasteiger partial charge in [0.1, 0.15) is 0 Å². The second-order valence-corrected chi connectivity index (χ2v) is 8.27. The molecule has 1 aromatic rings. The van der Waals surface area contributed by atoms with Gasteiger partial charge in [-0.1, -0.05) is 62.8 Å². The number of benzene rings is 1. The van der Waals surface area contributed by atoms with E-state index in [1.165, 1.54) is 51.4 Å². The Labute approximate surface area is 157 Å². The maximum absolute atomic E-state index is 9.99. The highest BCUT2D eigenvalue weighted by Crippen LogP contribution is 2.29. The lowest BCUT2D eigenvalue weighted by Crippen LogP contribution is -2.36. The van der Waals surface area contributed by atoms with Gasteiger partial charge in [-0.25, -0.2) is 0 Å². The first kappa shape index (κ1) is 19.8. The SMILES string of the molecule is OC[C@H]1N[C@H](CCCCCCCC2CCc3ccccc3C2)[C@@H](O)[C@@H]1O. The first-order valence-corrected chi connectivity index (χ1v) is 10.5. The van der Waals surface area contributed by atoms with Gasteiger partial charge in [0, 0.05) is 6.04 Å². The lowest BCUT2D eigenvalue weighted by molar-refractivity contribution is 0.0186. The van der Waals surface area contributed by atoms with Crippen LogP contribution in [-0.2, 0) is 12.8 Å². The van der Waals surface area contributed by atoms with Crippen molar-refractivity contribution in [3.8, 4) is 0 Å². The summed E-state index contributed by atoms with van der Waals surface area (Å²) in [5.74, 6) is 0.861. The molecular weight excluding hydrogens is 326 g/mol. The van der Waals surface area contributed by atoms with Crippen molar-refractivity contribution in [3.63, 3.8) is 0 Å². The maximum atomic E-state index is 9.99. The number of hydrogen-bond donors (Lipinski definition) is 4. The second-order valence-electron chi connectivity index (χ2n) is 8.27. The fourth-order valence-electron chi connectivity index (χ4n) is 4.71. The number of aliphatic hydroxyl groups is 3. The van der Waals surface area contributed by atoms with Crippen LogP contribution in [0.4, 0.5) is 0 Å². The molecule has 4 nitrogen and oxygen atoms in total. The number of aliphatic hydroxyl groups excluding tert-OH is 3. The van der Waals surface area contributed by atoms with Gasteiger partial charge in [-0.15, -0.1) is 0 Å². The summed E-state index contributed by atoms with van der Waals surface area (Å²) in [4.78, 5) is 0. The molecule has 1 aliphatic heterocycles. The van der Waals surface area contributed by atoms with Gasteiger partial charge in [0.05, 0.1) is 24.9 Å². The normalized spacial score (nSPS) is 31.1. The molecule has 1 heterocycles. The Morgan fingerprint density at radius 3 is 2.23 bits per heavy atom. The summed E-state index contributed by atoms with van der Waals surface area (Å²) in [5, 5.41) is 32.1. The summed E-state index contributed by atoms with van der Waals surface area (Å²) >= 11 is 0. The van der Waals surface area contributed by atoms with E-state index in [0.717, 1.165) is 18.8 Å². The van der Waals surface area contributed by atoms with Crippen LogP contribution < -0.4 is 5.32 Å². The molecule has 0 aromatic heterocycles. The Hall–Kier alpha value is -0.940. The van der Waals surface area contributed by atoms with E-state index in [0.29, 0.717) is 0 Å². The molecule has 1 saturated heterocycles. The van der Waals surface area contributed by atoms with Crippen LogP contribution in [0, 0.1) is 5.92 Å². The van der Waals surface area contributed by atoms with Gasteiger partial charge in [-0.3, -0.25) is 0 Å². The second kappa shape index (κ2) is 9.84. The highest BCUT2D eigenvalue weighted by Gasteiger charge is 2.39. The average molecular weight is 362 g/mol. The van der Waals surface area contributed by atoms with E-state index >= 15 is 0 Å². The summed E-state index contributed by atoms with van der Waals surface area (Å²) in [7, 11) is 0. The first-order valence-electron chi connectivity index (χ1n) is 10.5. The Morgan fingerprint density at radius 2 is 1.50 bits per heavy atom. The van der Waals surface area contributed by atoms with Crippen molar-refractivity contribution in [2.24, 2.45) is 5.92 Å². The fraction of sp³-hybridized carbons (Fsp3) is 0.727. The largest absolute Gasteiger partial charge is 0.395 e. The summed E-state index contributed by atoms with van der Waals surface area (Å²) < 4.78 is 0. The molecule has 3 rings (SSSR count). The van der Waals surface area contributed by atoms with Crippen molar-refractivity contribution < 1.29 is 15.3 Å². The molecule has 5 atom stereocenters. The Morgan fingerprint density at radius 1 is 0.846 bits per heavy atom.